The predicted molar refractivity (Wildman–Crippen MR) is 54.4 cm³/mol. The molecule has 1 aromatic rings. The van der Waals surface area contributed by atoms with Crippen LogP contribution in [0.4, 0.5) is 0 Å². The molecule has 0 fully saturated rings. The molecule has 14 heavy (non-hydrogen) atoms. The van der Waals surface area contributed by atoms with E-state index >= 15 is 0 Å². The third-order valence-corrected chi connectivity index (χ3v) is 1.24. The molecule has 0 bridgehead atoms. The Bertz CT molecular complexity index is 362. The number of hydrogen-bond acceptors (Lipinski definition) is 1. The molecule has 0 aliphatic rings. The Hall–Kier alpha value is -1.64. The van der Waals surface area contributed by atoms with Gasteiger partial charge in [-0.25, -0.2) is 0 Å². The van der Waals surface area contributed by atoms with E-state index in [1.807, 2.05) is 24.3 Å². The summed E-state index contributed by atoms with van der Waals surface area (Å²) >= 11 is 0. The van der Waals surface area contributed by atoms with E-state index in [1.54, 1.807) is 0 Å². The molecule has 0 unspecified atom stereocenters. The topological polar surface area (TPSA) is 57.5 Å². The van der Waals surface area contributed by atoms with Crippen LogP contribution in [0, 0.1) is 24.7 Å². The van der Waals surface area contributed by atoms with Crippen molar-refractivity contribution in [1.82, 2.24) is 0 Å². The molecule has 0 saturated carbocycles. The van der Waals surface area contributed by atoms with Crippen LogP contribution in [-0.4, -0.2) is 9.79 Å². The van der Waals surface area contributed by atoms with Gasteiger partial charge in [-0.1, -0.05) is 24.0 Å². The largest absolute Gasteiger partial charge is 0.692 e. The van der Waals surface area contributed by atoms with Crippen molar-refractivity contribution in [2.24, 2.45) is 0 Å². The van der Waals surface area contributed by atoms with Gasteiger partial charge in [0.25, 0.3) is 0 Å². The Morgan fingerprint density at radius 2 is 1.36 bits per heavy atom. The highest BCUT2D eigenvalue weighted by Gasteiger charge is 1.93. The summed E-state index contributed by atoms with van der Waals surface area (Å²) in [6.07, 6.45) is 10.4. The maximum atomic E-state index is 8.70. The second-order valence-corrected chi connectivity index (χ2v) is 2.59. The van der Waals surface area contributed by atoms with Gasteiger partial charge in [0, 0.05) is 15.7 Å². The predicted octanol–water partition coefficient (Wildman–Crippen LogP) is 1.28. The summed E-state index contributed by atoms with van der Waals surface area (Å²) in [4.78, 5) is 14.2. The Balaban J connectivity index is 0.000000364. The van der Waals surface area contributed by atoms with Crippen LogP contribution in [0.3, 0.4) is 0 Å². The lowest BCUT2D eigenvalue weighted by Gasteiger charge is -1.92. The number of benzene rings is 1. The fourth-order valence-corrected chi connectivity index (χ4v) is 0.735. The van der Waals surface area contributed by atoms with E-state index in [4.69, 9.17) is 27.2 Å². The minimum atomic E-state index is -2.87. The van der Waals surface area contributed by atoms with Crippen molar-refractivity contribution >= 4 is 8.25 Å². The van der Waals surface area contributed by atoms with E-state index in [0.29, 0.717) is 0 Å². The third-order valence-electron chi connectivity index (χ3n) is 1.24. The average molecular weight is 207 g/mol. The normalized spacial score (nSPS) is 7.43. The minimum Gasteiger partial charge on any atom is -0.134 e. The molecule has 0 aliphatic carbocycles. The van der Waals surface area contributed by atoms with Gasteiger partial charge < -0.3 is 0 Å². The second-order valence-electron chi connectivity index (χ2n) is 2.09. The molecule has 1 aromatic carbocycles. The molecule has 0 aromatic heterocycles. The smallest absolute Gasteiger partial charge is 0.134 e. The molecule has 4 heteroatoms. The van der Waals surface area contributed by atoms with E-state index in [0.717, 1.165) is 11.1 Å². The summed E-state index contributed by atoms with van der Waals surface area (Å²) in [5.74, 6) is 5.01. The van der Waals surface area contributed by atoms with Crippen LogP contribution in [0.2, 0.25) is 0 Å². The van der Waals surface area contributed by atoms with E-state index < -0.39 is 8.25 Å². The molecule has 1 rings (SSSR count). The van der Waals surface area contributed by atoms with Crippen molar-refractivity contribution in [3.63, 3.8) is 0 Å². The number of hydrogen-bond donors (Lipinski definition) is 2. The molecular weight excluding hydrogens is 199 g/mol. The number of rotatable bonds is 0. The fourth-order valence-electron chi connectivity index (χ4n) is 0.735. The van der Waals surface area contributed by atoms with Gasteiger partial charge in [-0.2, -0.15) is 0 Å². The van der Waals surface area contributed by atoms with Crippen LogP contribution in [0.15, 0.2) is 24.3 Å². The summed E-state index contributed by atoms with van der Waals surface area (Å²) in [7, 11) is -2.87. The maximum absolute atomic E-state index is 8.70. The van der Waals surface area contributed by atoms with Gasteiger partial charge in [-0.05, 0) is 12.1 Å². The zero-order valence-electron chi connectivity index (χ0n) is 7.21. The van der Waals surface area contributed by atoms with Crippen molar-refractivity contribution in [3.8, 4) is 24.7 Å². The lowest BCUT2D eigenvalue weighted by atomic mass is 10.1. The van der Waals surface area contributed by atoms with E-state index in [1.165, 1.54) is 0 Å². The van der Waals surface area contributed by atoms with Crippen LogP contribution in [0.25, 0.3) is 0 Å². The minimum absolute atomic E-state index is 0.782. The molecule has 2 N–H and O–H groups in total. The van der Waals surface area contributed by atoms with Gasteiger partial charge in [0.05, 0.1) is 0 Å². The van der Waals surface area contributed by atoms with Crippen molar-refractivity contribution < 1.29 is 14.4 Å². The first-order valence-corrected chi connectivity index (χ1v) is 4.65. The SMILES string of the molecule is C#Cc1ccccc1C#C.O=[P+](O)O. The number of terminal acetylenes is 2. The van der Waals surface area contributed by atoms with E-state index in [9.17, 15) is 0 Å². The van der Waals surface area contributed by atoms with E-state index in [2.05, 4.69) is 11.8 Å². The standard InChI is InChI=1S/C10H6.HO3P/c1-3-9-7-5-6-8-10(9)4-2;1-4(2)3/h1-2,5-8H;(H-,1,2,3)/p+1. The molecule has 0 saturated heterocycles. The molecule has 0 radical (unpaired) electrons. The zero-order chi connectivity index (χ0) is 11.0. The molecule has 70 valence electrons. The lowest BCUT2D eigenvalue weighted by molar-refractivity contribution is 0.405. The summed E-state index contributed by atoms with van der Waals surface area (Å²) < 4.78 is 8.70. The molecule has 0 aliphatic heterocycles. The van der Waals surface area contributed by atoms with Gasteiger partial charge in [0.2, 0.25) is 0 Å². The van der Waals surface area contributed by atoms with Crippen LogP contribution in [-0.2, 0) is 4.57 Å². The van der Waals surface area contributed by atoms with Crippen LogP contribution in [0.5, 0.6) is 0 Å². The molecule has 0 spiro atoms. The van der Waals surface area contributed by atoms with Crippen LogP contribution >= 0.6 is 8.25 Å². The molecule has 3 nitrogen and oxygen atoms in total. The van der Waals surface area contributed by atoms with Crippen molar-refractivity contribution in [1.29, 1.82) is 0 Å². The van der Waals surface area contributed by atoms with Gasteiger partial charge in [0.15, 0.2) is 0 Å². The van der Waals surface area contributed by atoms with Crippen molar-refractivity contribution in [2.75, 3.05) is 0 Å². The third kappa shape index (κ3) is 5.09. The zero-order valence-corrected chi connectivity index (χ0v) is 8.11. The van der Waals surface area contributed by atoms with Gasteiger partial charge in [-0.15, -0.1) is 22.6 Å². The van der Waals surface area contributed by atoms with Crippen molar-refractivity contribution in [3.05, 3.63) is 35.4 Å². The Kier molecular flexibility index (Phi) is 6.03. The maximum Gasteiger partial charge on any atom is 0.692 e. The monoisotopic (exact) mass is 207 g/mol. The first-order valence-electron chi connectivity index (χ1n) is 3.49. The highest BCUT2D eigenvalue weighted by molar-refractivity contribution is 7.30. The second kappa shape index (κ2) is 6.83. The average Bonchev–Trinajstić information content (AvgIpc) is 2.17. The van der Waals surface area contributed by atoms with Crippen LogP contribution < -0.4 is 0 Å². The molecule has 0 atom stereocenters. The first kappa shape index (κ1) is 12.4. The summed E-state index contributed by atoms with van der Waals surface area (Å²) in [6.45, 7) is 0. The van der Waals surface area contributed by atoms with Crippen LogP contribution in [0.1, 0.15) is 11.1 Å². The fraction of sp³-hybridized carbons (Fsp3) is 0. The van der Waals surface area contributed by atoms with Crippen molar-refractivity contribution in [2.45, 2.75) is 0 Å². The van der Waals surface area contributed by atoms with Gasteiger partial charge in [-0.3, -0.25) is 0 Å². The first-order chi connectivity index (χ1) is 6.61. The molecule has 0 amide bonds. The Morgan fingerprint density at radius 1 is 1.07 bits per heavy atom. The summed E-state index contributed by atoms with van der Waals surface area (Å²) in [5.41, 5.74) is 1.56. The molecular formula is C10H8O3P+. The summed E-state index contributed by atoms with van der Waals surface area (Å²) in [6, 6.07) is 7.40. The quantitative estimate of drug-likeness (QED) is 0.497. The summed E-state index contributed by atoms with van der Waals surface area (Å²) in [5, 5.41) is 0. The Morgan fingerprint density at radius 3 is 1.57 bits per heavy atom. The van der Waals surface area contributed by atoms with E-state index in [-0.39, 0.29) is 0 Å². The molecule has 0 heterocycles. The highest BCUT2D eigenvalue weighted by Crippen LogP contribution is 2.03. The Labute approximate surface area is 83.4 Å². The van der Waals surface area contributed by atoms with Gasteiger partial charge >= 0.3 is 8.25 Å². The van der Waals surface area contributed by atoms with Gasteiger partial charge in [0.1, 0.15) is 0 Å². The highest BCUT2D eigenvalue weighted by atomic mass is 31.1. The lowest BCUT2D eigenvalue weighted by Crippen LogP contribution is -1.79.